The van der Waals surface area contributed by atoms with Gasteiger partial charge in [0.15, 0.2) is 0 Å². The first-order valence-corrected chi connectivity index (χ1v) is 12.5. The molecule has 0 saturated heterocycles. The Morgan fingerprint density at radius 3 is 2.38 bits per heavy atom. The number of unbranched alkanes of at least 4 members (excludes halogenated alkanes) is 1. The van der Waals surface area contributed by atoms with E-state index in [0.717, 1.165) is 24.2 Å². The third-order valence-corrected chi connectivity index (χ3v) is 6.74. The van der Waals surface area contributed by atoms with Gasteiger partial charge in [0.2, 0.25) is 11.8 Å². The van der Waals surface area contributed by atoms with Crippen molar-refractivity contribution < 1.29 is 14.3 Å². The third-order valence-electron chi connectivity index (χ3n) is 5.04. The maximum Gasteiger partial charge on any atom is 0.242 e. The van der Waals surface area contributed by atoms with Crippen LogP contribution in [0, 0.1) is 0 Å². The van der Waals surface area contributed by atoms with Crippen LogP contribution in [0.2, 0.25) is 10.0 Å². The number of carbonyl (C=O) groups excluding carboxylic acids is 2. The summed E-state index contributed by atoms with van der Waals surface area (Å²) in [4.78, 5) is 27.4. The van der Waals surface area contributed by atoms with Gasteiger partial charge in [0.05, 0.1) is 12.9 Å². The van der Waals surface area contributed by atoms with Gasteiger partial charge in [-0.1, -0.05) is 54.7 Å². The fraction of sp³-hybridized carbons (Fsp3) is 0.417. The van der Waals surface area contributed by atoms with Crippen LogP contribution in [-0.4, -0.2) is 42.2 Å². The number of halogens is 2. The largest absolute Gasteiger partial charge is 0.497 e. The van der Waals surface area contributed by atoms with Crippen LogP contribution in [0.4, 0.5) is 0 Å². The highest BCUT2D eigenvalue weighted by Crippen LogP contribution is 2.27. The van der Waals surface area contributed by atoms with Gasteiger partial charge in [0, 0.05) is 34.5 Å². The van der Waals surface area contributed by atoms with Gasteiger partial charge in [0.25, 0.3) is 0 Å². The number of nitrogens with zero attached hydrogens (tertiary/aromatic N) is 1. The zero-order chi connectivity index (χ0) is 23.5. The standard InChI is InChI=1S/C24H30Cl2N2O3S/c1-4-5-13-27-24(30)17(2)28(14-20-21(25)7-6-8-22(20)26)23(29)16-32-15-18-9-11-19(31-3)12-10-18/h6-12,17H,4-5,13-16H2,1-3H3,(H,27,30)/t17-/m0/s1. The number of nitrogens with one attached hydrogen (secondary N) is 1. The van der Waals surface area contributed by atoms with E-state index in [2.05, 4.69) is 12.2 Å². The molecule has 0 aliphatic heterocycles. The van der Waals surface area contributed by atoms with E-state index in [1.165, 1.54) is 11.8 Å². The zero-order valence-electron chi connectivity index (χ0n) is 18.7. The molecule has 0 saturated carbocycles. The minimum absolute atomic E-state index is 0.141. The molecule has 0 aliphatic carbocycles. The number of hydrogen-bond donors (Lipinski definition) is 1. The first kappa shape index (κ1) is 26.4. The van der Waals surface area contributed by atoms with Crippen LogP contribution in [-0.2, 0) is 21.9 Å². The summed E-state index contributed by atoms with van der Waals surface area (Å²) in [6, 6.07) is 12.3. The minimum atomic E-state index is -0.645. The average molecular weight is 497 g/mol. The summed E-state index contributed by atoms with van der Waals surface area (Å²) < 4.78 is 5.18. The Hall–Kier alpha value is -1.89. The molecule has 0 unspecified atom stereocenters. The predicted octanol–water partition coefficient (Wildman–Crippen LogP) is 5.57. The van der Waals surface area contributed by atoms with Crippen molar-refractivity contribution in [2.45, 2.75) is 45.0 Å². The quantitative estimate of drug-likeness (QED) is 0.390. The lowest BCUT2D eigenvalue weighted by molar-refractivity contribution is -0.138. The van der Waals surface area contributed by atoms with Gasteiger partial charge in [-0.15, -0.1) is 11.8 Å². The molecule has 1 atom stereocenters. The zero-order valence-corrected chi connectivity index (χ0v) is 21.0. The Labute approximate surface area is 204 Å². The lowest BCUT2D eigenvalue weighted by atomic mass is 10.1. The van der Waals surface area contributed by atoms with Gasteiger partial charge in [0.1, 0.15) is 11.8 Å². The average Bonchev–Trinajstić information content (AvgIpc) is 2.79. The summed E-state index contributed by atoms with van der Waals surface area (Å²) >= 11 is 14.2. The van der Waals surface area contributed by atoms with Crippen molar-refractivity contribution >= 4 is 46.8 Å². The van der Waals surface area contributed by atoms with E-state index in [-0.39, 0.29) is 24.1 Å². The smallest absolute Gasteiger partial charge is 0.242 e. The fourth-order valence-electron chi connectivity index (χ4n) is 3.03. The van der Waals surface area contributed by atoms with Crippen molar-refractivity contribution in [1.29, 1.82) is 0 Å². The topological polar surface area (TPSA) is 58.6 Å². The molecule has 0 aliphatic rings. The number of ether oxygens (including phenoxy) is 1. The second-order valence-electron chi connectivity index (χ2n) is 7.38. The normalized spacial score (nSPS) is 11.7. The summed E-state index contributed by atoms with van der Waals surface area (Å²) in [5.74, 6) is 1.38. The molecule has 0 bridgehead atoms. The highest BCUT2D eigenvalue weighted by Gasteiger charge is 2.27. The van der Waals surface area contributed by atoms with Crippen molar-refractivity contribution in [1.82, 2.24) is 10.2 Å². The van der Waals surface area contributed by atoms with Crippen LogP contribution >= 0.6 is 35.0 Å². The summed E-state index contributed by atoms with van der Waals surface area (Å²) in [7, 11) is 1.63. The summed E-state index contributed by atoms with van der Waals surface area (Å²) in [5.41, 5.74) is 1.73. The van der Waals surface area contributed by atoms with Crippen LogP contribution < -0.4 is 10.1 Å². The number of rotatable bonds is 12. The Morgan fingerprint density at radius 1 is 1.12 bits per heavy atom. The second kappa shape index (κ2) is 13.6. The molecule has 0 spiro atoms. The maximum atomic E-state index is 13.2. The Bertz CT molecular complexity index is 873. The van der Waals surface area contributed by atoms with E-state index < -0.39 is 6.04 Å². The molecular formula is C24H30Cl2N2O3S. The van der Waals surface area contributed by atoms with Crippen LogP contribution in [0.1, 0.15) is 37.8 Å². The maximum absolute atomic E-state index is 13.2. The molecule has 174 valence electrons. The molecule has 1 N–H and O–H groups in total. The summed E-state index contributed by atoms with van der Waals surface area (Å²) in [6.45, 7) is 4.55. The van der Waals surface area contributed by atoms with E-state index in [9.17, 15) is 9.59 Å². The Kier molecular flexibility index (Phi) is 11.2. The highest BCUT2D eigenvalue weighted by atomic mass is 35.5. The van der Waals surface area contributed by atoms with E-state index in [0.29, 0.717) is 27.9 Å². The summed E-state index contributed by atoms with van der Waals surface area (Å²) in [5, 5.41) is 3.85. The molecule has 2 aromatic rings. The van der Waals surface area contributed by atoms with Crippen molar-refractivity contribution in [3.8, 4) is 5.75 Å². The van der Waals surface area contributed by atoms with Gasteiger partial charge in [-0.2, -0.15) is 0 Å². The lowest BCUT2D eigenvalue weighted by Crippen LogP contribution is -2.48. The molecule has 0 radical (unpaired) electrons. The number of benzene rings is 2. The molecule has 0 heterocycles. The van der Waals surface area contributed by atoms with Gasteiger partial charge in [-0.05, 0) is 43.2 Å². The number of methoxy groups -OCH3 is 1. The summed E-state index contributed by atoms with van der Waals surface area (Å²) in [6.07, 6.45) is 1.87. The Morgan fingerprint density at radius 2 is 1.78 bits per heavy atom. The first-order valence-electron chi connectivity index (χ1n) is 10.6. The first-order chi connectivity index (χ1) is 15.4. The monoisotopic (exact) mass is 496 g/mol. The molecule has 8 heteroatoms. The predicted molar refractivity (Wildman–Crippen MR) is 134 cm³/mol. The lowest BCUT2D eigenvalue weighted by Gasteiger charge is -2.29. The molecule has 0 aromatic heterocycles. The van der Waals surface area contributed by atoms with Gasteiger partial charge < -0.3 is 15.0 Å². The van der Waals surface area contributed by atoms with Gasteiger partial charge >= 0.3 is 0 Å². The van der Waals surface area contributed by atoms with Crippen molar-refractivity contribution in [2.24, 2.45) is 0 Å². The van der Waals surface area contributed by atoms with Gasteiger partial charge in [-0.3, -0.25) is 9.59 Å². The third kappa shape index (κ3) is 7.91. The van der Waals surface area contributed by atoms with Crippen molar-refractivity contribution in [3.63, 3.8) is 0 Å². The Balaban J connectivity index is 2.09. The van der Waals surface area contributed by atoms with E-state index >= 15 is 0 Å². The van der Waals surface area contributed by atoms with Crippen molar-refractivity contribution in [2.75, 3.05) is 19.4 Å². The number of hydrogen-bond acceptors (Lipinski definition) is 4. The molecule has 2 rings (SSSR count). The SMILES string of the molecule is CCCCNC(=O)[C@H](C)N(Cc1c(Cl)cccc1Cl)C(=O)CSCc1ccc(OC)cc1. The van der Waals surface area contributed by atoms with E-state index in [1.54, 1.807) is 37.1 Å². The number of thioether (sulfide) groups is 1. The fourth-order valence-corrected chi connectivity index (χ4v) is 4.42. The van der Waals surface area contributed by atoms with Crippen LogP contribution in [0.5, 0.6) is 5.75 Å². The molecule has 2 amide bonds. The highest BCUT2D eigenvalue weighted by molar-refractivity contribution is 7.99. The molecule has 0 fully saturated rings. The number of amides is 2. The van der Waals surface area contributed by atoms with Crippen molar-refractivity contribution in [3.05, 3.63) is 63.6 Å². The molecule has 32 heavy (non-hydrogen) atoms. The van der Waals surface area contributed by atoms with E-state index in [4.69, 9.17) is 27.9 Å². The van der Waals surface area contributed by atoms with Gasteiger partial charge in [-0.25, -0.2) is 0 Å². The molecule has 2 aromatic carbocycles. The molecular weight excluding hydrogens is 467 g/mol. The minimum Gasteiger partial charge on any atom is -0.497 e. The van der Waals surface area contributed by atoms with Crippen LogP contribution in [0.15, 0.2) is 42.5 Å². The molecule has 5 nitrogen and oxygen atoms in total. The second-order valence-corrected chi connectivity index (χ2v) is 9.18. The van der Waals surface area contributed by atoms with Crippen LogP contribution in [0.25, 0.3) is 0 Å². The van der Waals surface area contributed by atoms with E-state index in [1.807, 2.05) is 24.3 Å². The number of carbonyl (C=O) groups is 2. The van der Waals surface area contributed by atoms with Crippen LogP contribution in [0.3, 0.4) is 0 Å².